The van der Waals surface area contributed by atoms with Crippen molar-refractivity contribution >= 4 is 62.4 Å². The highest BCUT2D eigenvalue weighted by Crippen LogP contribution is 2.42. The van der Waals surface area contributed by atoms with E-state index in [2.05, 4.69) is 216 Å². The fraction of sp³-hybridized carbons (Fsp3) is 0.225. The van der Waals surface area contributed by atoms with E-state index in [0.717, 1.165) is 113 Å². The summed E-state index contributed by atoms with van der Waals surface area (Å²) >= 11 is 0. The van der Waals surface area contributed by atoms with Crippen LogP contribution in [-0.4, -0.2) is 51.5 Å². The first-order valence-electron chi connectivity index (χ1n) is 28.6. The fourth-order valence-corrected chi connectivity index (χ4v) is 13.1. The number of H-pyrrole nitrogens is 4. The smallest absolute Gasteiger partial charge is 0.251 e. The first kappa shape index (κ1) is 53.3. The molecule has 1 amide bonds. The zero-order chi connectivity index (χ0) is 57.2. The molecule has 2 aliphatic rings. The third-order valence-electron chi connectivity index (χ3n) is 16.8. The van der Waals surface area contributed by atoms with Crippen molar-refractivity contribution in [2.45, 2.75) is 109 Å². The van der Waals surface area contributed by atoms with E-state index in [1.165, 1.54) is 72.5 Å². The molecule has 8 bridgehead atoms. The minimum absolute atomic E-state index is 0.182. The van der Waals surface area contributed by atoms with Crippen LogP contribution >= 0.6 is 0 Å². The number of aryl methyl sites for hydroxylation is 7. The number of carbonyl (C=O) groups is 1. The van der Waals surface area contributed by atoms with Gasteiger partial charge >= 0.3 is 0 Å². The van der Waals surface area contributed by atoms with E-state index in [1.54, 1.807) is 0 Å². The van der Waals surface area contributed by atoms with Gasteiger partial charge in [0.1, 0.15) is 5.69 Å². The summed E-state index contributed by atoms with van der Waals surface area (Å²) in [6.07, 6.45) is 8.04. The fourth-order valence-electron chi connectivity index (χ4n) is 13.1. The number of aliphatic imine (C=N–C) groups is 1. The molecule has 0 atom stereocenters. The minimum atomic E-state index is -0.182. The van der Waals surface area contributed by atoms with E-state index in [4.69, 9.17) is 9.98 Å². The number of amides is 1. The summed E-state index contributed by atoms with van der Waals surface area (Å²) < 4.78 is 1.82. The quantitative estimate of drug-likeness (QED) is 0.0828. The Labute approximate surface area is 479 Å². The molecule has 6 aromatic heterocycles. The van der Waals surface area contributed by atoms with Crippen LogP contribution in [0, 0.1) is 55.4 Å². The van der Waals surface area contributed by atoms with Gasteiger partial charge in [-0.3, -0.25) is 9.79 Å². The van der Waals surface area contributed by atoms with Gasteiger partial charge in [-0.15, -0.1) is 5.10 Å². The predicted octanol–water partition coefficient (Wildman–Crippen LogP) is 16.6. The number of fused-ring (bicyclic) bond motifs is 9. The molecule has 0 spiro atoms. The van der Waals surface area contributed by atoms with Gasteiger partial charge in [-0.05, 0) is 215 Å². The zero-order valence-electron chi connectivity index (χ0n) is 49.1. The van der Waals surface area contributed by atoms with Crippen molar-refractivity contribution in [3.8, 4) is 33.4 Å². The average molecular weight is 1080 g/mol. The predicted molar refractivity (Wildman–Crippen MR) is 338 cm³/mol. The van der Waals surface area contributed by atoms with E-state index in [9.17, 15) is 4.79 Å². The number of carbonyl (C=O) groups excluding carboxylic acids is 1. The van der Waals surface area contributed by atoms with E-state index in [0.29, 0.717) is 17.8 Å². The van der Waals surface area contributed by atoms with Gasteiger partial charge in [0.2, 0.25) is 0 Å². The summed E-state index contributed by atoms with van der Waals surface area (Å²) in [5.74, 6) is -0.182. The Balaban J connectivity index is 0.859. The largest absolute Gasteiger partial charge is 0.358 e. The first-order chi connectivity index (χ1) is 39.5. The van der Waals surface area contributed by atoms with Gasteiger partial charge in [-0.25, -0.2) is 9.67 Å². The second kappa shape index (κ2) is 21.3. The summed E-state index contributed by atoms with van der Waals surface area (Å²) in [7, 11) is 0. The molecule has 410 valence electrons. The maximum atomic E-state index is 13.7. The van der Waals surface area contributed by atoms with E-state index < -0.39 is 0 Å². The summed E-state index contributed by atoms with van der Waals surface area (Å²) in [5.41, 5.74) is 35.3. The van der Waals surface area contributed by atoms with Gasteiger partial charge < -0.3 is 25.3 Å². The number of aromatic amines is 4. The highest BCUT2D eigenvalue weighted by atomic mass is 16.1. The van der Waals surface area contributed by atoms with E-state index in [1.807, 2.05) is 35.1 Å². The number of benzene rings is 4. The molecule has 82 heavy (non-hydrogen) atoms. The summed E-state index contributed by atoms with van der Waals surface area (Å²) in [6.45, 7) is 26.8. The average Bonchev–Trinajstić information content (AvgIpc) is 3.50. The second-order valence-electron chi connectivity index (χ2n) is 22.6. The van der Waals surface area contributed by atoms with Gasteiger partial charge in [-0.1, -0.05) is 90.9 Å². The van der Waals surface area contributed by atoms with Gasteiger partial charge in [0, 0.05) is 66.8 Å². The molecule has 0 radical (unpaired) electrons. The molecule has 0 unspecified atom stereocenters. The number of nitrogens with zero attached hydrogens (tertiary/aromatic N) is 5. The Morgan fingerprint density at radius 3 is 1.67 bits per heavy atom. The van der Waals surface area contributed by atoms with Crippen molar-refractivity contribution in [1.82, 2.24) is 45.2 Å². The van der Waals surface area contributed by atoms with Gasteiger partial charge in [0.25, 0.3) is 5.91 Å². The van der Waals surface area contributed by atoms with Crippen LogP contribution in [0.1, 0.15) is 129 Å². The molecule has 10 aromatic rings. The Hall–Kier alpha value is -9.35. The Bertz CT molecular complexity index is 4450. The van der Waals surface area contributed by atoms with E-state index in [-0.39, 0.29) is 12.5 Å². The first-order valence-corrected chi connectivity index (χ1v) is 28.6. The molecule has 5 N–H and O–H groups in total. The third kappa shape index (κ3) is 9.63. The minimum Gasteiger partial charge on any atom is -0.358 e. The highest BCUT2D eigenvalue weighted by Gasteiger charge is 2.26. The molecular weight excluding hydrogens is 1010 g/mol. The lowest BCUT2D eigenvalue weighted by atomic mass is 9.92. The van der Waals surface area contributed by atoms with Crippen LogP contribution in [0.3, 0.4) is 0 Å². The van der Waals surface area contributed by atoms with Crippen LogP contribution in [0.15, 0.2) is 137 Å². The molecule has 0 fully saturated rings. The lowest BCUT2D eigenvalue weighted by molar-refractivity contribution is 0.0950. The van der Waals surface area contributed by atoms with Crippen LogP contribution in [0.5, 0.6) is 0 Å². The zero-order valence-corrected chi connectivity index (χ0v) is 49.1. The van der Waals surface area contributed by atoms with Crippen LogP contribution in [-0.2, 0) is 19.5 Å². The molecule has 12 rings (SSSR count). The molecule has 0 aliphatic carbocycles. The Morgan fingerprint density at radius 2 is 1.10 bits per heavy atom. The van der Waals surface area contributed by atoms with Crippen molar-refractivity contribution < 1.29 is 4.79 Å². The monoisotopic (exact) mass is 1080 g/mol. The van der Waals surface area contributed by atoms with Gasteiger partial charge in [-0.2, -0.15) is 0 Å². The lowest BCUT2D eigenvalue weighted by Crippen LogP contribution is -2.23. The van der Waals surface area contributed by atoms with Crippen molar-refractivity contribution in [2.75, 3.05) is 0 Å². The summed E-state index contributed by atoms with van der Waals surface area (Å²) in [4.78, 5) is 39.6. The van der Waals surface area contributed by atoms with Crippen LogP contribution < -0.4 is 5.32 Å². The molecule has 2 aliphatic heterocycles. The van der Waals surface area contributed by atoms with Crippen LogP contribution in [0.25, 0.3) is 84.2 Å². The number of allylic oxidation sites excluding steroid dienone is 2. The Kier molecular flexibility index (Phi) is 13.8. The standard InChI is InChI=1S/C71H70N10O/c1-13-53-44(9)69(73-46(53)11)66(70-45(10)54(14-2)47(12)74-70)50-19-21-51(22-20-50)71(82)72-35-52-37-81(80-79-52)36-48-15-17-49(18-16-48)65-57-27-29-61(77-57)67(63-40(5)31-38(3)32-41(63)6)59-25-23-55(75-59)56-24-26-60(76-56)68(62-30-28-58(65)78-62)64-42(7)33-39(4)34-43(64)8/h15-34,37,73,75,77-78H,13-14,35-36H2,1-12H3,(H,72,82)/b56-55?,65-57?,65-58?,67-59?,67-61?,68-60?,68-62?,70-66-. The number of hydrogen-bond donors (Lipinski definition) is 5. The Morgan fingerprint density at radius 1 is 0.561 bits per heavy atom. The summed E-state index contributed by atoms with van der Waals surface area (Å²) in [5, 5.41) is 12.0. The molecule has 11 nitrogen and oxygen atoms in total. The topological polar surface area (TPSA) is 148 Å². The molecule has 0 saturated heterocycles. The molecule has 4 aromatic carbocycles. The maximum absolute atomic E-state index is 13.7. The molecular formula is C71H70N10O. The van der Waals surface area contributed by atoms with Crippen LogP contribution in [0.4, 0.5) is 0 Å². The molecule has 8 heterocycles. The number of hydrogen-bond acceptors (Lipinski definition) is 5. The second-order valence-corrected chi connectivity index (χ2v) is 22.6. The highest BCUT2D eigenvalue weighted by molar-refractivity contribution is 6.06. The van der Waals surface area contributed by atoms with Crippen molar-refractivity contribution in [1.29, 1.82) is 0 Å². The van der Waals surface area contributed by atoms with Crippen molar-refractivity contribution in [3.05, 3.63) is 222 Å². The SMILES string of the molecule is CCC1=C(C)/C(=C(\c2ccc(C(=O)NCc3cn(Cc4ccc(-c5c6ccc([nH]6)c(-c6c(C)cc(C)cc6C)c6nc(c7ccc([nH]7)c(-c7c(C)cc(C)cc7C)c7ccc5[nH]7)C=C6)cc4)nn3)cc2)c2[nH]c(C)c(CC)c2C)N=C1C. The van der Waals surface area contributed by atoms with Crippen LogP contribution in [0.2, 0.25) is 0 Å². The number of rotatable bonds is 12. The summed E-state index contributed by atoms with van der Waals surface area (Å²) in [6, 6.07) is 38.8. The molecule has 0 saturated carbocycles. The number of aromatic nitrogens is 8. The third-order valence-corrected chi connectivity index (χ3v) is 16.8. The maximum Gasteiger partial charge on any atom is 0.251 e. The number of nitrogens with one attached hydrogen (secondary N) is 5. The van der Waals surface area contributed by atoms with Crippen molar-refractivity contribution in [2.24, 2.45) is 4.99 Å². The van der Waals surface area contributed by atoms with Crippen molar-refractivity contribution in [3.63, 3.8) is 0 Å². The lowest BCUT2D eigenvalue weighted by Gasteiger charge is -2.13. The molecule has 11 heteroatoms. The van der Waals surface area contributed by atoms with E-state index >= 15 is 0 Å². The van der Waals surface area contributed by atoms with Gasteiger partial charge in [0.15, 0.2) is 0 Å². The van der Waals surface area contributed by atoms with Gasteiger partial charge in [0.05, 0.1) is 47.6 Å². The normalized spacial score (nSPS) is 13.5.